The lowest BCUT2D eigenvalue weighted by atomic mass is 9.96. The van der Waals surface area contributed by atoms with E-state index in [1.807, 2.05) is 32.4 Å². The molecule has 1 fully saturated rings. The molecule has 0 aliphatic carbocycles. The molecule has 1 aliphatic heterocycles. The molecule has 0 saturated carbocycles. The zero-order valence-corrected chi connectivity index (χ0v) is 13.3. The minimum Gasteiger partial charge on any atom is -0.373 e. The number of aryl methyl sites for hydroxylation is 2. The van der Waals surface area contributed by atoms with Crippen molar-refractivity contribution in [1.82, 2.24) is 25.5 Å². The fourth-order valence-corrected chi connectivity index (χ4v) is 3.08. The predicted octanol–water partition coefficient (Wildman–Crippen LogP) is 2.24. The zero-order valence-electron chi connectivity index (χ0n) is 13.3. The van der Waals surface area contributed by atoms with Crippen LogP contribution < -0.4 is 5.32 Å². The highest BCUT2D eigenvalue weighted by molar-refractivity contribution is 5.19. The summed E-state index contributed by atoms with van der Waals surface area (Å²) in [5.41, 5.74) is 3.33. The van der Waals surface area contributed by atoms with Crippen LogP contribution in [0, 0.1) is 19.8 Å². The third-order valence-electron chi connectivity index (χ3n) is 4.35. The first-order valence-corrected chi connectivity index (χ1v) is 7.79. The fraction of sp³-hybridized carbons (Fsp3) is 0.562. The minimum absolute atomic E-state index is 0.133. The van der Waals surface area contributed by atoms with Gasteiger partial charge in [0.25, 0.3) is 0 Å². The number of ether oxygens (including phenoxy) is 1. The predicted molar refractivity (Wildman–Crippen MR) is 83.3 cm³/mol. The molecule has 22 heavy (non-hydrogen) atoms. The molecule has 3 atom stereocenters. The SMILES string of the molecule is Cc1ncc(C(C)NC[C@H]2CCO[C@@H]2c2cn[nH]c2)c(C)n1. The Balaban J connectivity index is 1.62. The summed E-state index contributed by atoms with van der Waals surface area (Å²) >= 11 is 0. The van der Waals surface area contributed by atoms with E-state index in [9.17, 15) is 0 Å². The number of aromatic nitrogens is 4. The first-order chi connectivity index (χ1) is 10.6. The summed E-state index contributed by atoms with van der Waals surface area (Å²) in [6.45, 7) is 7.83. The van der Waals surface area contributed by atoms with Gasteiger partial charge in [-0.1, -0.05) is 0 Å². The molecule has 3 rings (SSSR count). The van der Waals surface area contributed by atoms with Crippen molar-refractivity contribution in [3.8, 4) is 0 Å². The average molecular weight is 301 g/mol. The summed E-state index contributed by atoms with van der Waals surface area (Å²) < 4.78 is 5.86. The van der Waals surface area contributed by atoms with Crippen LogP contribution in [0.4, 0.5) is 0 Å². The molecule has 0 radical (unpaired) electrons. The van der Waals surface area contributed by atoms with Gasteiger partial charge in [0.05, 0.1) is 12.3 Å². The Morgan fingerprint density at radius 1 is 1.41 bits per heavy atom. The van der Waals surface area contributed by atoms with E-state index in [1.165, 1.54) is 0 Å². The molecule has 0 spiro atoms. The van der Waals surface area contributed by atoms with E-state index < -0.39 is 0 Å². The topological polar surface area (TPSA) is 75.7 Å². The van der Waals surface area contributed by atoms with Crippen LogP contribution in [0.3, 0.4) is 0 Å². The van der Waals surface area contributed by atoms with Gasteiger partial charge in [0.15, 0.2) is 0 Å². The molecular weight excluding hydrogens is 278 g/mol. The van der Waals surface area contributed by atoms with Gasteiger partial charge in [0.1, 0.15) is 5.82 Å². The summed E-state index contributed by atoms with van der Waals surface area (Å²) in [7, 11) is 0. The second kappa shape index (κ2) is 6.54. The van der Waals surface area contributed by atoms with E-state index in [0.717, 1.165) is 42.2 Å². The molecule has 6 heteroatoms. The molecule has 1 saturated heterocycles. The molecule has 6 nitrogen and oxygen atoms in total. The molecule has 3 heterocycles. The molecule has 0 amide bonds. The van der Waals surface area contributed by atoms with Crippen LogP contribution in [0.5, 0.6) is 0 Å². The molecule has 1 aliphatic rings. The molecule has 0 bridgehead atoms. The van der Waals surface area contributed by atoms with Crippen molar-refractivity contribution in [2.24, 2.45) is 5.92 Å². The Labute approximate surface area is 130 Å². The Morgan fingerprint density at radius 2 is 2.27 bits per heavy atom. The van der Waals surface area contributed by atoms with Crippen LogP contribution in [-0.4, -0.2) is 33.3 Å². The van der Waals surface area contributed by atoms with E-state index in [-0.39, 0.29) is 12.1 Å². The summed E-state index contributed by atoms with van der Waals surface area (Å²) in [4.78, 5) is 8.75. The molecule has 1 unspecified atom stereocenters. The molecule has 2 aromatic heterocycles. The normalized spacial score (nSPS) is 22.9. The number of hydrogen-bond donors (Lipinski definition) is 2. The highest BCUT2D eigenvalue weighted by Gasteiger charge is 2.30. The maximum Gasteiger partial charge on any atom is 0.125 e. The quantitative estimate of drug-likeness (QED) is 0.886. The van der Waals surface area contributed by atoms with E-state index in [2.05, 4.69) is 32.4 Å². The lowest BCUT2D eigenvalue weighted by Gasteiger charge is -2.21. The van der Waals surface area contributed by atoms with Crippen molar-refractivity contribution in [1.29, 1.82) is 0 Å². The number of rotatable bonds is 5. The first-order valence-electron chi connectivity index (χ1n) is 7.79. The van der Waals surface area contributed by atoms with Gasteiger partial charge in [-0.05, 0) is 27.2 Å². The molecule has 118 valence electrons. The summed E-state index contributed by atoms with van der Waals surface area (Å²) in [6, 6.07) is 0.228. The van der Waals surface area contributed by atoms with Crippen LogP contribution in [0.15, 0.2) is 18.6 Å². The lowest BCUT2D eigenvalue weighted by molar-refractivity contribution is 0.0899. The van der Waals surface area contributed by atoms with Gasteiger partial charge in [-0.3, -0.25) is 5.10 Å². The van der Waals surface area contributed by atoms with Crippen molar-refractivity contribution in [2.75, 3.05) is 13.2 Å². The average Bonchev–Trinajstić information content (AvgIpc) is 3.15. The van der Waals surface area contributed by atoms with Gasteiger partial charge in [-0.25, -0.2) is 9.97 Å². The summed E-state index contributed by atoms with van der Waals surface area (Å²) in [5, 5.41) is 10.5. The van der Waals surface area contributed by atoms with E-state index >= 15 is 0 Å². The van der Waals surface area contributed by atoms with Crippen LogP contribution >= 0.6 is 0 Å². The molecule has 0 aromatic carbocycles. The Bertz CT molecular complexity index is 613. The zero-order chi connectivity index (χ0) is 15.5. The monoisotopic (exact) mass is 301 g/mol. The molecule has 2 aromatic rings. The maximum atomic E-state index is 5.86. The number of hydrogen-bond acceptors (Lipinski definition) is 5. The Kier molecular flexibility index (Phi) is 4.49. The van der Waals surface area contributed by atoms with Crippen molar-refractivity contribution in [2.45, 2.75) is 39.3 Å². The minimum atomic E-state index is 0.133. The maximum absolute atomic E-state index is 5.86. The second-order valence-corrected chi connectivity index (χ2v) is 5.96. The van der Waals surface area contributed by atoms with Crippen LogP contribution in [0.1, 0.15) is 48.1 Å². The lowest BCUT2D eigenvalue weighted by Crippen LogP contribution is -2.28. The van der Waals surface area contributed by atoms with Crippen molar-refractivity contribution in [3.63, 3.8) is 0 Å². The van der Waals surface area contributed by atoms with Gasteiger partial charge in [-0.2, -0.15) is 5.10 Å². The number of nitrogens with zero attached hydrogens (tertiary/aromatic N) is 3. The van der Waals surface area contributed by atoms with Gasteiger partial charge < -0.3 is 10.1 Å². The van der Waals surface area contributed by atoms with Crippen LogP contribution in [0.25, 0.3) is 0 Å². The van der Waals surface area contributed by atoms with E-state index in [1.54, 1.807) is 0 Å². The standard InChI is InChI=1S/C16H23N5O/c1-10(15-9-18-12(3)21-11(15)2)17-6-13-4-5-22-16(13)14-7-19-20-8-14/h7-10,13,16-17H,4-6H2,1-3H3,(H,19,20)/t10?,13-,16+/m1/s1. The number of nitrogens with one attached hydrogen (secondary N) is 2. The number of aromatic amines is 1. The largest absolute Gasteiger partial charge is 0.373 e. The second-order valence-electron chi connectivity index (χ2n) is 5.96. The van der Waals surface area contributed by atoms with Gasteiger partial charge in [0, 0.05) is 54.3 Å². The van der Waals surface area contributed by atoms with E-state index in [0.29, 0.717) is 5.92 Å². The third-order valence-corrected chi connectivity index (χ3v) is 4.35. The van der Waals surface area contributed by atoms with Gasteiger partial charge >= 0.3 is 0 Å². The third kappa shape index (κ3) is 3.18. The van der Waals surface area contributed by atoms with E-state index in [4.69, 9.17) is 4.74 Å². The number of H-pyrrole nitrogens is 1. The Morgan fingerprint density at radius 3 is 3.00 bits per heavy atom. The van der Waals surface area contributed by atoms with Crippen molar-refractivity contribution < 1.29 is 4.74 Å². The molecule has 2 N–H and O–H groups in total. The van der Waals surface area contributed by atoms with Gasteiger partial charge in [-0.15, -0.1) is 0 Å². The fourth-order valence-electron chi connectivity index (χ4n) is 3.08. The van der Waals surface area contributed by atoms with Gasteiger partial charge in [0.2, 0.25) is 0 Å². The summed E-state index contributed by atoms with van der Waals surface area (Å²) in [6.07, 6.45) is 6.90. The van der Waals surface area contributed by atoms with Crippen molar-refractivity contribution >= 4 is 0 Å². The first kappa shape index (κ1) is 15.1. The van der Waals surface area contributed by atoms with Crippen molar-refractivity contribution in [3.05, 3.63) is 41.2 Å². The van der Waals surface area contributed by atoms with Crippen LogP contribution in [0.2, 0.25) is 0 Å². The summed E-state index contributed by atoms with van der Waals surface area (Å²) in [5.74, 6) is 1.28. The Hall–Kier alpha value is -1.79. The smallest absolute Gasteiger partial charge is 0.125 e. The van der Waals surface area contributed by atoms with Crippen LogP contribution in [-0.2, 0) is 4.74 Å². The molecular formula is C16H23N5O. The highest BCUT2D eigenvalue weighted by Crippen LogP contribution is 2.33. The highest BCUT2D eigenvalue weighted by atomic mass is 16.5.